The summed E-state index contributed by atoms with van der Waals surface area (Å²) in [7, 11) is 1.79. The zero-order chi connectivity index (χ0) is 27.8. The molecule has 2 heterocycles. The van der Waals surface area contributed by atoms with Crippen molar-refractivity contribution >= 4 is 24.0 Å². The fraction of sp³-hybridized carbons (Fsp3) is 0.516. The van der Waals surface area contributed by atoms with Crippen molar-refractivity contribution in [2.24, 2.45) is 0 Å². The summed E-state index contributed by atoms with van der Waals surface area (Å²) in [5.41, 5.74) is 5.41. The van der Waals surface area contributed by atoms with E-state index in [4.69, 9.17) is 9.53 Å². The molecule has 2 amide bonds. The molecule has 38 heavy (non-hydrogen) atoms. The second-order valence-corrected chi connectivity index (χ2v) is 10.6. The number of amides is 2. The zero-order valence-electron chi connectivity index (χ0n) is 23.8. The van der Waals surface area contributed by atoms with Gasteiger partial charge < -0.3 is 19.3 Å². The van der Waals surface area contributed by atoms with Crippen molar-refractivity contribution in [3.8, 4) is 11.1 Å². The lowest BCUT2D eigenvalue weighted by atomic mass is 9.88. The van der Waals surface area contributed by atoms with E-state index in [1.165, 1.54) is 44.8 Å². The van der Waals surface area contributed by atoms with Crippen LogP contribution in [-0.4, -0.2) is 60.4 Å². The van der Waals surface area contributed by atoms with Gasteiger partial charge in [-0.15, -0.1) is 0 Å². The normalized spacial score (nSPS) is 19.2. The van der Waals surface area contributed by atoms with Crippen LogP contribution in [0.3, 0.4) is 0 Å². The average molecular weight is 522 g/mol. The molecule has 4 rings (SSSR count). The van der Waals surface area contributed by atoms with Crippen LogP contribution in [0.15, 0.2) is 42.5 Å². The lowest BCUT2D eigenvalue weighted by Gasteiger charge is -2.42. The fourth-order valence-electron chi connectivity index (χ4n) is 5.45. The molecular weight excluding hydrogens is 478 g/mol. The summed E-state index contributed by atoms with van der Waals surface area (Å²) < 4.78 is 5.48. The van der Waals surface area contributed by atoms with E-state index in [9.17, 15) is 9.59 Å². The maximum absolute atomic E-state index is 12.8. The number of aldehydes is 1. The zero-order valence-corrected chi connectivity index (χ0v) is 23.8. The minimum atomic E-state index is -0.341. The summed E-state index contributed by atoms with van der Waals surface area (Å²) in [5.74, 6) is 0.0134. The van der Waals surface area contributed by atoms with Crippen molar-refractivity contribution in [1.82, 2.24) is 9.80 Å². The first-order valence-electron chi connectivity index (χ1n) is 13.7. The molecule has 0 saturated carbocycles. The van der Waals surface area contributed by atoms with Crippen molar-refractivity contribution in [1.29, 1.82) is 0 Å². The predicted octanol–water partition coefficient (Wildman–Crippen LogP) is 6.21. The maximum atomic E-state index is 12.8. The number of anilines is 1. The van der Waals surface area contributed by atoms with Gasteiger partial charge in [-0.3, -0.25) is 9.69 Å². The van der Waals surface area contributed by atoms with Gasteiger partial charge in [0.25, 0.3) is 0 Å². The van der Waals surface area contributed by atoms with E-state index >= 15 is 0 Å². The van der Waals surface area contributed by atoms with Gasteiger partial charge in [0.1, 0.15) is 6.29 Å². The third-order valence-corrected chi connectivity index (χ3v) is 7.22. The molecule has 0 N–H and O–H groups in total. The average Bonchev–Trinajstić information content (AvgIpc) is 2.88. The number of hydrogen-bond donors (Lipinski definition) is 0. The summed E-state index contributed by atoms with van der Waals surface area (Å²) in [6.07, 6.45) is 4.82. The van der Waals surface area contributed by atoms with Gasteiger partial charge in [-0.05, 0) is 94.4 Å². The number of carbonyl (C=O) groups is 3. The molecule has 1 fully saturated rings. The molecule has 2 aromatic carbocycles. The van der Waals surface area contributed by atoms with Crippen LogP contribution in [-0.2, 0) is 20.9 Å². The first-order valence-corrected chi connectivity index (χ1v) is 13.7. The number of carbonyl (C=O) groups excluding carboxylic acids is 3. The smallest absolute Gasteiger partial charge is 0.410 e. The third kappa shape index (κ3) is 7.22. The minimum Gasteiger partial charge on any atom is -0.447 e. The molecule has 7 heteroatoms. The molecule has 7 nitrogen and oxygen atoms in total. The molecule has 2 aliphatic rings. The van der Waals surface area contributed by atoms with Crippen LogP contribution in [0.1, 0.15) is 77.5 Å². The highest BCUT2D eigenvalue weighted by Gasteiger charge is 2.36. The first kappa shape index (κ1) is 29.4. The Balaban J connectivity index is 0.00000127. The Hall–Kier alpha value is -3.19. The summed E-state index contributed by atoms with van der Waals surface area (Å²) >= 11 is 0. The van der Waals surface area contributed by atoms with Gasteiger partial charge in [-0.2, -0.15) is 0 Å². The van der Waals surface area contributed by atoms with Crippen molar-refractivity contribution in [3.63, 3.8) is 0 Å². The van der Waals surface area contributed by atoms with Gasteiger partial charge in [-0.1, -0.05) is 36.8 Å². The van der Waals surface area contributed by atoms with E-state index in [1.54, 1.807) is 18.9 Å². The van der Waals surface area contributed by atoms with Crippen LogP contribution in [0.25, 0.3) is 11.1 Å². The number of benzene rings is 2. The maximum Gasteiger partial charge on any atom is 0.410 e. The molecule has 206 valence electrons. The van der Waals surface area contributed by atoms with Crippen molar-refractivity contribution in [2.45, 2.75) is 85.0 Å². The first-order chi connectivity index (χ1) is 18.2. The van der Waals surface area contributed by atoms with E-state index in [0.717, 1.165) is 35.2 Å². The standard InChI is InChI=1S/C29H39N3O3.C2H4O/c1-20(2)35-29(34)30(5)28-17-21(3)32(22(4)33)27-14-13-25(18-26(27)28)24-11-9-23(10-12-24)19-31-15-7-6-8-16-31;1-2-3/h9-14,18,20-21,28H,6-8,15-17,19H2,1-5H3;2H,1H3/t21-,28+;/m0./s1. The van der Waals surface area contributed by atoms with E-state index in [0.29, 0.717) is 6.42 Å². The SMILES string of the molecule is CC(=O)N1c2ccc(-c3ccc(CN4CCCCC4)cc3)cc2[C@H](N(C)C(=O)OC(C)C)C[C@@H]1C.CC=O. The highest BCUT2D eigenvalue weighted by atomic mass is 16.6. The molecule has 0 aliphatic carbocycles. The number of piperidine rings is 1. The second kappa shape index (κ2) is 13.6. The Labute approximate surface area is 227 Å². The number of rotatable bonds is 5. The van der Waals surface area contributed by atoms with Crippen LogP contribution in [0.2, 0.25) is 0 Å². The molecule has 0 unspecified atom stereocenters. The Morgan fingerprint density at radius 2 is 1.66 bits per heavy atom. The number of hydrogen-bond acceptors (Lipinski definition) is 5. The van der Waals surface area contributed by atoms with Gasteiger partial charge in [-0.25, -0.2) is 4.79 Å². The molecular formula is C31H43N3O4. The lowest BCUT2D eigenvalue weighted by molar-refractivity contribution is -0.117. The highest BCUT2D eigenvalue weighted by molar-refractivity contribution is 5.94. The molecule has 0 aromatic heterocycles. The van der Waals surface area contributed by atoms with Crippen LogP contribution >= 0.6 is 0 Å². The minimum absolute atomic E-state index is 0.0134. The number of fused-ring (bicyclic) bond motifs is 1. The van der Waals surface area contributed by atoms with Gasteiger partial charge in [0, 0.05) is 32.2 Å². The quantitative estimate of drug-likeness (QED) is 0.438. The van der Waals surface area contributed by atoms with E-state index in [-0.39, 0.29) is 30.2 Å². The van der Waals surface area contributed by atoms with E-state index in [2.05, 4.69) is 41.3 Å². The Kier molecular flexibility index (Phi) is 10.5. The van der Waals surface area contributed by atoms with Crippen LogP contribution in [0.5, 0.6) is 0 Å². The monoisotopic (exact) mass is 521 g/mol. The molecule has 0 radical (unpaired) electrons. The predicted molar refractivity (Wildman–Crippen MR) is 152 cm³/mol. The van der Waals surface area contributed by atoms with Gasteiger partial charge in [0.2, 0.25) is 5.91 Å². The number of ether oxygens (including phenoxy) is 1. The summed E-state index contributed by atoms with van der Waals surface area (Å²) in [5, 5.41) is 0. The van der Waals surface area contributed by atoms with E-state index < -0.39 is 0 Å². The van der Waals surface area contributed by atoms with E-state index in [1.807, 2.05) is 31.7 Å². The fourth-order valence-corrected chi connectivity index (χ4v) is 5.45. The summed E-state index contributed by atoms with van der Waals surface area (Å²) in [4.78, 5) is 40.1. The van der Waals surface area contributed by atoms with Crippen molar-refractivity contribution in [3.05, 3.63) is 53.6 Å². The van der Waals surface area contributed by atoms with Gasteiger partial charge >= 0.3 is 6.09 Å². The number of nitrogens with zero attached hydrogens (tertiary/aromatic N) is 3. The molecule has 2 atom stereocenters. The Bertz CT molecular complexity index is 1090. The van der Waals surface area contributed by atoms with Gasteiger partial charge in [0.05, 0.1) is 12.1 Å². The Morgan fingerprint density at radius 1 is 1.05 bits per heavy atom. The summed E-state index contributed by atoms with van der Waals surface area (Å²) in [6, 6.07) is 14.9. The molecule has 2 aromatic rings. The van der Waals surface area contributed by atoms with Crippen molar-refractivity contribution in [2.75, 3.05) is 25.0 Å². The molecule has 2 aliphatic heterocycles. The molecule has 1 saturated heterocycles. The molecule has 0 spiro atoms. The second-order valence-electron chi connectivity index (χ2n) is 10.6. The third-order valence-electron chi connectivity index (χ3n) is 7.22. The van der Waals surface area contributed by atoms with Crippen molar-refractivity contribution < 1.29 is 19.1 Å². The topological polar surface area (TPSA) is 70.2 Å². The van der Waals surface area contributed by atoms with Gasteiger partial charge in [0.15, 0.2) is 0 Å². The largest absolute Gasteiger partial charge is 0.447 e. The summed E-state index contributed by atoms with van der Waals surface area (Å²) in [6.45, 7) is 12.2. The highest BCUT2D eigenvalue weighted by Crippen LogP contribution is 2.42. The number of likely N-dealkylation sites (tertiary alicyclic amines) is 1. The van der Waals surface area contributed by atoms with Crippen LogP contribution in [0.4, 0.5) is 10.5 Å². The molecule has 0 bridgehead atoms. The lowest BCUT2D eigenvalue weighted by Crippen LogP contribution is -2.46. The van der Waals surface area contributed by atoms with Crippen LogP contribution < -0.4 is 4.90 Å². The Morgan fingerprint density at radius 3 is 2.24 bits per heavy atom. The van der Waals surface area contributed by atoms with Crippen LogP contribution in [0, 0.1) is 0 Å².